The molecule has 0 spiro atoms. The van der Waals surface area contributed by atoms with E-state index < -0.39 is 0 Å². The average Bonchev–Trinajstić information content (AvgIpc) is 2.87. The van der Waals surface area contributed by atoms with Crippen LogP contribution in [0, 0.1) is 13.8 Å². The third kappa shape index (κ3) is 4.64. The van der Waals surface area contributed by atoms with E-state index in [0.717, 1.165) is 23.5 Å². The van der Waals surface area contributed by atoms with E-state index >= 15 is 0 Å². The van der Waals surface area contributed by atoms with Gasteiger partial charge >= 0.3 is 0 Å². The summed E-state index contributed by atoms with van der Waals surface area (Å²) in [5.74, 6) is 0.298. The van der Waals surface area contributed by atoms with E-state index in [4.69, 9.17) is 0 Å². The predicted octanol–water partition coefficient (Wildman–Crippen LogP) is 2.64. The van der Waals surface area contributed by atoms with Crippen molar-refractivity contribution in [2.45, 2.75) is 79.9 Å². The van der Waals surface area contributed by atoms with Gasteiger partial charge in [0.05, 0.1) is 5.69 Å². The highest BCUT2D eigenvalue weighted by Crippen LogP contribution is 2.12. The number of carbonyl (C=O) groups is 1. The molecule has 0 fully saturated rings. The summed E-state index contributed by atoms with van der Waals surface area (Å²) < 4.78 is 3.08. The summed E-state index contributed by atoms with van der Waals surface area (Å²) in [6.45, 7) is 13.7. The third-order valence-electron chi connectivity index (χ3n) is 4.44. The minimum Gasteiger partial charge on any atom is -0.336 e. The topological polar surface area (TPSA) is 73.0 Å². The van der Waals surface area contributed by atoms with Gasteiger partial charge in [-0.25, -0.2) is 9.67 Å². The van der Waals surface area contributed by atoms with Gasteiger partial charge in [-0.05, 0) is 54.0 Å². The summed E-state index contributed by atoms with van der Waals surface area (Å²) >= 11 is 0. The van der Waals surface area contributed by atoms with Crippen LogP contribution in [0.5, 0.6) is 0 Å². The highest BCUT2D eigenvalue weighted by molar-refractivity contribution is 5.76. The first-order valence-electron chi connectivity index (χ1n) is 9.61. The molecule has 7 nitrogen and oxygen atoms in total. The molecule has 2 aromatic rings. The van der Waals surface area contributed by atoms with Crippen molar-refractivity contribution in [3.63, 3.8) is 0 Å². The van der Waals surface area contributed by atoms with E-state index in [2.05, 4.69) is 10.1 Å². The van der Waals surface area contributed by atoms with Gasteiger partial charge in [0.2, 0.25) is 11.9 Å². The van der Waals surface area contributed by atoms with Gasteiger partial charge in [0.25, 0.3) is 5.56 Å². The molecule has 0 saturated heterocycles. The van der Waals surface area contributed by atoms with Crippen LogP contribution in [0.3, 0.4) is 0 Å². The first-order valence-corrected chi connectivity index (χ1v) is 9.61. The molecule has 0 aliphatic heterocycles. The Morgan fingerprint density at radius 3 is 2.26 bits per heavy atom. The van der Waals surface area contributed by atoms with Crippen LogP contribution in [-0.4, -0.2) is 42.2 Å². The lowest BCUT2D eigenvalue weighted by Gasteiger charge is -2.31. The molecule has 1 amide bonds. The van der Waals surface area contributed by atoms with Crippen LogP contribution in [0.25, 0.3) is 5.95 Å². The molecule has 27 heavy (non-hydrogen) atoms. The molecule has 0 bridgehead atoms. The molecule has 148 valence electrons. The molecule has 0 unspecified atom stereocenters. The predicted molar refractivity (Wildman–Crippen MR) is 106 cm³/mol. The monoisotopic (exact) mass is 373 g/mol. The Bertz CT molecular complexity index is 856. The first-order chi connectivity index (χ1) is 12.6. The Labute approximate surface area is 161 Å². The van der Waals surface area contributed by atoms with Crippen LogP contribution in [0.1, 0.15) is 58.1 Å². The average molecular weight is 374 g/mol. The van der Waals surface area contributed by atoms with Crippen molar-refractivity contribution in [1.29, 1.82) is 0 Å². The van der Waals surface area contributed by atoms with Gasteiger partial charge in [-0.1, -0.05) is 13.3 Å². The zero-order valence-corrected chi connectivity index (χ0v) is 17.5. The maximum Gasteiger partial charge on any atom is 0.255 e. The smallest absolute Gasteiger partial charge is 0.255 e. The molecule has 2 aromatic heterocycles. The van der Waals surface area contributed by atoms with E-state index in [1.54, 1.807) is 9.58 Å². The van der Waals surface area contributed by atoms with Crippen LogP contribution in [-0.2, 0) is 17.8 Å². The minimum absolute atomic E-state index is 0.0533. The number of hydrogen-bond acceptors (Lipinski definition) is 4. The standard InChI is InChI=1S/C20H31N5O2/c1-8-9-17-11-18(26)23(12-19(27)24(13(2)3)14(4)5)20(21-17)25-16(7)10-15(6)22-25/h10-11,13-14H,8-9,12H2,1-7H3. The summed E-state index contributed by atoms with van der Waals surface area (Å²) in [6, 6.07) is 3.57. The molecular formula is C20H31N5O2. The molecule has 0 aliphatic carbocycles. The fourth-order valence-electron chi connectivity index (χ4n) is 3.46. The number of carbonyl (C=O) groups excluding carboxylic acids is 1. The Morgan fingerprint density at radius 2 is 1.78 bits per heavy atom. The van der Waals surface area contributed by atoms with E-state index in [1.165, 1.54) is 10.6 Å². The lowest BCUT2D eigenvalue weighted by Crippen LogP contribution is -2.45. The zero-order valence-electron chi connectivity index (χ0n) is 17.5. The second-order valence-electron chi connectivity index (χ2n) is 7.55. The van der Waals surface area contributed by atoms with Gasteiger partial charge in [-0.15, -0.1) is 0 Å². The van der Waals surface area contributed by atoms with E-state index in [0.29, 0.717) is 12.4 Å². The molecule has 2 heterocycles. The molecule has 0 saturated carbocycles. The number of aromatic nitrogens is 4. The van der Waals surface area contributed by atoms with Gasteiger partial charge in [-0.2, -0.15) is 5.10 Å². The lowest BCUT2D eigenvalue weighted by molar-refractivity contribution is -0.135. The SMILES string of the molecule is CCCc1cc(=O)n(CC(=O)N(C(C)C)C(C)C)c(-n2nc(C)cc2C)n1. The third-order valence-corrected chi connectivity index (χ3v) is 4.44. The lowest BCUT2D eigenvalue weighted by atomic mass is 10.2. The summed E-state index contributed by atoms with van der Waals surface area (Å²) in [4.78, 5) is 32.2. The van der Waals surface area contributed by atoms with Crippen LogP contribution < -0.4 is 5.56 Å². The quantitative estimate of drug-likeness (QED) is 0.748. The zero-order chi connectivity index (χ0) is 20.3. The summed E-state index contributed by atoms with van der Waals surface area (Å²) in [5, 5.41) is 4.48. The van der Waals surface area contributed by atoms with Gasteiger partial charge < -0.3 is 4.90 Å². The highest BCUT2D eigenvalue weighted by Gasteiger charge is 2.23. The van der Waals surface area contributed by atoms with E-state index in [9.17, 15) is 9.59 Å². The number of nitrogens with zero attached hydrogens (tertiary/aromatic N) is 5. The van der Waals surface area contributed by atoms with Gasteiger partial charge in [0.1, 0.15) is 6.54 Å². The molecule has 0 N–H and O–H groups in total. The van der Waals surface area contributed by atoms with Crippen molar-refractivity contribution in [3.8, 4) is 5.95 Å². The summed E-state index contributed by atoms with van der Waals surface area (Å²) in [5.41, 5.74) is 2.21. The minimum atomic E-state index is -0.225. The fourth-order valence-corrected chi connectivity index (χ4v) is 3.46. The molecule has 0 aromatic carbocycles. The van der Waals surface area contributed by atoms with Crippen molar-refractivity contribution in [3.05, 3.63) is 39.6 Å². The summed E-state index contributed by atoms with van der Waals surface area (Å²) in [7, 11) is 0. The van der Waals surface area contributed by atoms with Crippen molar-refractivity contribution in [2.75, 3.05) is 0 Å². The Hall–Kier alpha value is -2.44. The van der Waals surface area contributed by atoms with Crippen molar-refractivity contribution in [2.24, 2.45) is 0 Å². The van der Waals surface area contributed by atoms with Gasteiger partial charge in [0.15, 0.2) is 0 Å². The molecule has 0 atom stereocenters. The second kappa shape index (κ2) is 8.50. The van der Waals surface area contributed by atoms with E-state index in [1.807, 2.05) is 54.5 Å². The van der Waals surface area contributed by atoms with Crippen LogP contribution >= 0.6 is 0 Å². The number of aryl methyl sites for hydroxylation is 3. The maximum absolute atomic E-state index is 12.9. The molecule has 2 rings (SSSR count). The molecule has 0 radical (unpaired) electrons. The van der Waals surface area contributed by atoms with Crippen molar-refractivity contribution in [1.82, 2.24) is 24.2 Å². The highest BCUT2D eigenvalue weighted by atomic mass is 16.2. The molecular weight excluding hydrogens is 342 g/mol. The summed E-state index contributed by atoms with van der Waals surface area (Å²) in [6.07, 6.45) is 1.60. The van der Waals surface area contributed by atoms with Crippen LogP contribution in [0.15, 0.2) is 16.9 Å². The number of rotatable bonds is 7. The second-order valence-corrected chi connectivity index (χ2v) is 7.55. The number of hydrogen-bond donors (Lipinski definition) is 0. The fraction of sp³-hybridized carbons (Fsp3) is 0.600. The van der Waals surface area contributed by atoms with Crippen molar-refractivity contribution >= 4 is 5.91 Å². The van der Waals surface area contributed by atoms with Gasteiger partial charge in [-0.3, -0.25) is 14.2 Å². The Kier molecular flexibility index (Phi) is 6.57. The normalized spacial score (nSPS) is 11.4. The first kappa shape index (κ1) is 20.9. The van der Waals surface area contributed by atoms with Crippen LogP contribution in [0.4, 0.5) is 0 Å². The Balaban J connectivity index is 2.56. The molecule has 0 aliphatic rings. The number of amides is 1. The maximum atomic E-state index is 12.9. The van der Waals surface area contributed by atoms with Gasteiger partial charge in [0, 0.05) is 29.5 Å². The Morgan fingerprint density at radius 1 is 1.15 bits per heavy atom. The van der Waals surface area contributed by atoms with E-state index in [-0.39, 0.29) is 30.1 Å². The molecule has 7 heteroatoms. The van der Waals surface area contributed by atoms with Crippen molar-refractivity contribution < 1.29 is 4.79 Å². The van der Waals surface area contributed by atoms with Crippen LogP contribution in [0.2, 0.25) is 0 Å². The largest absolute Gasteiger partial charge is 0.336 e.